The molecule has 1 aromatic carbocycles. The average molecular weight is 396 g/mol. The van der Waals surface area contributed by atoms with Crippen molar-refractivity contribution in [2.24, 2.45) is 0 Å². The molecular formula is C23H20N6O. The number of nitrogens with zero attached hydrogens (tertiary/aromatic N) is 5. The van der Waals surface area contributed by atoms with Crippen LogP contribution in [0.2, 0.25) is 0 Å². The first kappa shape index (κ1) is 17.1. The number of amides is 1. The zero-order valence-electron chi connectivity index (χ0n) is 16.8. The van der Waals surface area contributed by atoms with Crippen LogP contribution in [-0.2, 0) is 5.54 Å². The van der Waals surface area contributed by atoms with Gasteiger partial charge in [0, 0.05) is 36.3 Å². The second-order valence-electron chi connectivity index (χ2n) is 8.06. The summed E-state index contributed by atoms with van der Waals surface area (Å²) in [5.74, 6) is -0.0129. The maximum absolute atomic E-state index is 13.4. The van der Waals surface area contributed by atoms with E-state index in [4.69, 9.17) is 5.10 Å². The number of fused-ring (bicyclic) bond motifs is 4. The standard InChI is InChI=1S/C23H20N6O/c1-14-16(4-3-10-24-14)15-5-6-17-20(12-15)29-21(22(30)28(2)23(17)8-9-23)13-19(27-29)18-7-11-25-26-18/h3-7,10-13H,8-9H2,1-2H3,(H,25,26). The molecule has 1 spiro atoms. The molecule has 1 aliphatic carbocycles. The fraction of sp³-hybridized carbons (Fsp3) is 0.217. The molecule has 1 N–H and O–H groups in total. The number of aryl methyl sites for hydroxylation is 1. The molecule has 1 saturated carbocycles. The van der Waals surface area contributed by atoms with Gasteiger partial charge in [-0.05, 0) is 49.6 Å². The van der Waals surface area contributed by atoms with E-state index < -0.39 is 0 Å². The lowest BCUT2D eigenvalue weighted by Crippen LogP contribution is -2.36. The summed E-state index contributed by atoms with van der Waals surface area (Å²) >= 11 is 0. The average Bonchev–Trinajstić information content (AvgIpc) is 3.19. The topological polar surface area (TPSA) is 79.7 Å². The predicted molar refractivity (Wildman–Crippen MR) is 112 cm³/mol. The minimum atomic E-state index is -0.246. The number of hydrogen-bond donors (Lipinski definition) is 1. The summed E-state index contributed by atoms with van der Waals surface area (Å²) in [5.41, 5.74) is 7.01. The Morgan fingerprint density at radius 3 is 2.70 bits per heavy atom. The number of nitrogens with one attached hydrogen (secondary N) is 1. The Balaban J connectivity index is 1.62. The van der Waals surface area contributed by atoms with Gasteiger partial charge in [0.05, 0.1) is 16.9 Å². The van der Waals surface area contributed by atoms with Crippen molar-refractivity contribution in [1.82, 2.24) is 29.9 Å². The van der Waals surface area contributed by atoms with E-state index in [0.29, 0.717) is 11.4 Å². The normalized spacial score (nSPS) is 16.3. The van der Waals surface area contributed by atoms with E-state index >= 15 is 0 Å². The number of pyridine rings is 1. The molecule has 0 bridgehead atoms. The van der Waals surface area contributed by atoms with Gasteiger partial charge in [0.2, 0.25) is 0 Å². The summed E-state index contributed by atoms with van der Waals surface area (Å²) in [6, 6.07) is 14.1. The number of aromatic nitrogens is 5. The molecule has 0 unspecified atom stereocenters. The molecule has 3 aromatic heterocycles. The van der Waals surface area contributed by atoms with Gasteiger partial charge in [0.15, 0.2) is 0 Å². The van der Waals surface area contributed by atoms with Crippen LogP contribution in [0.1, 0.15) is 34.6 Å². The van der Waals surface area contributed by atoms with Crippen LogP contribution in [0.15, 0.2) is 54.9 Å². The Bertz CT molecular complexity index is 1300. The van der Waals surface area contributed by atoms with Crippen molar-refractivity contribution in [3.8, 4) is 28.2 Å². The van der Waals surface area contributed by atoms with Gasteiger partial charge in [0.1, 0.15) is 11.4 Å². The van der Waals surface area contributed by atoms with Crippen molar-refractivity contribution in [3.05, 3.63) is 71.8 Å². The van der Waals surface area contributed by atoms with Gasteiger partial charge in [0.25, 0.3) is 5.91 Å². The smallest absolute Gasteiger partial charge is 0.273 e. The van der Waals surface area contributed by atoms with Crippen molar-refractivity contribution < 1.29 is 4.79 Å². The number of carbonyl (C=O) groups is 1. The van der Waals surface area contributed by atoms with Crippen molar-refractivity contribution >= 4 is 5.91 Å². The zero-order valence-corrected chi connectivity index (χ0v) is 16.8. The van der Waals surface area contributed by atoms with Crippen molar-refractivity contribution in [3.63, 3.8) is 0 Å². The Kier molecular flexibility index (Phi) is 3.36. The Morgan fingerprint density at radius 2 is 1.97 bits per heavy atom. The molecule has 0 saturated heterocycles. The van der Waals surface area contributed by atoms with Crippen LogP contribution in [0, 0.1) is 6.92 Å². The molecule has 148 valence electrons. The van der Waals surface area contributed by atoms with Gasteiger partial charge in [-0.25, -0.2) is 4.68 Å². The second-order valence-corrected chi connectivity index (χ2v) is 8.06. The minimum Gasteiger partial charge on any atom is -0.331 e. The van der Waals surface area contributed by atoms with E-state index in [2.05, 4.69) is 39.4 Å². The number of hydrogen-bond acceptors (Lipinski definition) is 4. The Morgan fingerprint density at radius 1 is 1.10 bits per heavy atom. The third-order valence-corrected chi connectivity index (χ3v) is 6.42. The first-order valence-electron chi connectivity index (χ1n) is 10.0. The van der Waals surface area contributed by atoms with Gasteiger partial charge in [-0.15, -0.1) is 0 Å². The monoisotopic (exact) mass is 396 g/mol. The third-order valence-electron chi connectivity index (χ3n) is 6.42. The highest BCUT2D eigenvalue weighted by molar-refractivity contribution is 5.96. The number of H-pyrrole nitrogens is 1. The van der Waals surface area contributed by atoms with E-state index in [1.165, 1.54) is 0 Å². The van der Waals surface area contributed by atoms with Crippen LogP contribution in [0.3, 0.4) is 0 Å². The van der Waals surface area contributed by atoms with Crippen molar-refractivity contribution in [2.45, 2.75) is 25.3 Å². The molecule has 0 radical (unpaired) electrons. The quantitative estimate of drug-likeness (QED) is 0.560. The number of aromatic amines is 1. The van der Waals surface area contributed by atoms with Gasteiger partial charge in [-0.2, -0.15) is 10.2 Å². The summed E-state index contributed by atoms with van der Waals surface area (Å²) < 4.78 is 1.80. The highest BCUT2D eigenvalue weighted by atomic mass is 16.2. The molecule has 7 heteroatoms. The Hall–Kier alpha value is -3.74. The summed E-state index contributed by atoms with van der Waals surface area (Å²) in [6.45, 7) is 2.01. The number of benzene rings is 1. The van der Waals surface area contributed by atoms with Crippen LogP contribution in [-0.4, -0.2) is 42.8 Å². The highest BCUT2D eigenvalue weighted by Crippen LogP contribution is 2.54. The van der Waals surface area contributed by atoms with E-state index in [0.717, 1.165) is 46.6 Å². The van der Waals surface area contributed by atoms with E-state index in [1.54, 1.807) is 17.1 Å². The molecule has 2 aliphatic rings. The predicted octanol–water partition coefficient (Wildman–Crippen LogP) is 3.71. The number of rotatable bonds is 2. The summed E-state index contributed by atoms with van der Waals surface area (Å²) in [6.07, 6.45) is 5.42. The molecule has 4 heterocycles. The zero-order chi connectivity index (χ0) is 20.5. The number of carbonyl (C=O) groups excluding carboxylic acids is 1. The van der Waals surface area contributed by atoms with Gasteiger partial charge < -0.3 is 4.90 Å². The van der Waals surface area contributed by atoms with E-state index in [1.807, 2.05) is 37.1 Å². The van der Waals surface area contributed by atoms with E-state index in [-0.39, 0.29) is 11.4 Å². The first-order valence-corrected chi connectivity index (χ1v) is 10.0. The molecule has 4 aromatic rings. The third kappa shape index (κ3) is 2.26. The van der Waals surface area contributed by atoms with Crippen molar-refractivity contribution in [2.75, 3.05) is 7.05 Å². The summed E-state index contributed by atoms with van der Waals surface area (Å²) in [7, 11) is 1.90. The maximum Gasteiger partial charge on any atom is 0.273 e. The lowest BCUT2D eigenvalue weighted by Gasteiger charge is -2.27. The molecular weight excluding hydrogens is 376 g/mol. The van der Waals surface area contributed by atoms with Crippen LogP contribution in [0.25, 0.3) is 28.2 Å². The van der Waals surface area contributed by atoms with E-state index in [9.17, 15) is 4.79 Å². The molecule has 6 rings (SSSR count). The molecule has 30 heavy (non-hydrogen) atoms. The van der Waals surface area contributed by atoms with Crippen LogP contribution < -0.4 is 0 Å². The molecule has 7 nitrogen and oxygen atoms in total. The second kappa shape index (κ2) is 5.89. The fourth-order valence-corrected chi connectivity index (χ4v) is 4.57. The Labute approximate surface area is 173 Å². The summed E-state index contributed by atoms with van der Waals surface area (Å²) in [5, 5.41) is 11.8. The summed E-state index contributed by atoms with van der Waals surface area (Å²) in [4.78, 5) is 19.7. The van der Waals surface area contributed by atoms with Crippen LogP contribution in [0.4, 0.5) is 0 Å². The lowest BCUT2D eigenvalue weighted by molar-refractivity contribution is 0.0704. The molecule has 1 fully saturated rings. The van der Waals surface area contributed by atoms with Gasteiger partial charge in [-0.3, -0.25) is 14.9 Å². The molecule has 1 amide bonds. The largest absolute Gasteiger partial charge is 0.331 e. The molecule has 1 aliphatic heterocycles. The first-order chi connectivity index (χ1) is 14.6. The highest BCUT2D eigenvalue weighted by Gasteiger charge is 2.53. The van der Waals surface area contributed by atoms with Gasteiger partial charge >= 0.3 is 0 Å². The van der Waals surface area contributed by atoms with Crippen molar-refractivity contribution in [1.29, 1.82) is 0 Å². The minimum absolute atomic E-state index is 0.0129. The maximum atomic E-state index is 13.4. The van der Waals surface area contributed by atoms with Crippen LogP contribution in [0.5, 0.6) is 0 Å². The molecule has 0 atom stereocenters. The van der Waals surface area contributed by atoms with Crippen LogP contribution >= 0.6 is 0 Å². The lowest BCUT2D eigenvalue weighted by atomic mass is 9.96. The van der Waals surface area contributed by atoms with Gasteiger partial charge in [-0.1, -0.05) is 18.2 Å². The fourth-order valence-electron chi connectivity index (χ4n) is 4.57. The SMILES string of the molecule is Cc1ncccc1-c1ccc2c(c1)-n1nc(-c3ccn[nH]3)cc1C(=O)N(C)C21CC1.